The van der Waals surface area contributed by atoms with Crippen LogP contribution < -0.4 is 10.0 Å². The van der Waals surface area contributed by atoms with E-state index in [1.54, 1.807) is 42.2 Å². The van der Waals surface area contributed by atoms with Gasteiger partial charge in [-0.25, -0.2) is 8.42 Å². The highest BCUT2D eigenvalue weighted by molar-refractivity contribution is 7.92. The van der Waals surface area contributed by atoms with Crippen molar-refractivity contribution in [1.82, 2.24) is 10.2 Å². The van der Waals surface area contributed by atoms with Gasteiger partial charge in [0.05, 0.1) is 5.75 Å². The fourth-order valence-corrected chi connectivity index (χ4v) is 3.87. The highest BCUT2D eigenvalue weighted by Crippen LogP contribution is 2.16. The molecule has 1 aliphatic heterocycles. The molecule has 0 atom stereocenters. The minimum atomic E-state index is -3.40. The molecule has 8 heteroatoms. The van der Waals surface area contributed by atoms with Crippen LogP contribution in [0.3, 0.4) is 0 Å². The fourth-order valence-electron chi connectivity index (χ4n) is 3.23. The van der Waals surface area contributed by atoms with Crippen molar-refractivity contribution in [3.8, 4) is 0 Å². The molecule has 2 aromatic carbocycles. The number of rotatable bonds is 6. The third-order valence-electron chi connectivity index (χ3n) is 4.92. The molecule has 0 unspecified atom stereocenters. The summed E-state index contributed by atoms with van der Waals surface area (Å²) in [5.41, 5.74) is 1.42. The van der Waals surface area contributed by atoms with Crippen LogP contribution in [-0.2, 0) is 10.0 Å². The van der Waals surface area contributed by atoms with E-state index in [2.05, 4.69) is 10.0 Å². The SMILES string of the molecule is CCS(=O)(=O)Nc1cccc(C(=O)NC2CCN(C(=O)c3ccccc3)CC2)c1. The van der Waals surface area contributed by atoms with E-state index in [4.69, 9.17) is 0 Å². The molecular weight excluding hydrogens is 390 g/mol. The van der Waals surface area contributed by atoms with Crippen LogP contribution in [0.25, 0.3) is 0 Å². The number of likely N-dealkylation sites (tertiary alicyclic amines) is 1. The van der Waals surface area contributed by atoms with Crippen LogP contribution in [0.15, 0.2) is 54.6 Å². The van der Waals surface area contributed by atoms with Crippen molar-refractivity contribution in [3.05, 3.63) is 65.7 Å². The highest BCUT2D eigenvalue weighted by atomic mass is 32.2. The molecule has 0 aromatic heterocycles. The molecule has 7 nitrogen and oxygen atoms in total. The Morgan fingerprint density at radius 1 is 1.00 bits per heavy atom. The summed E-state index contributed by atoms with van der Waals surface area (Å²) in [5.74, 6) is -0.286. The molecular formula is C21H25N3O4S. The van der Waals surface area contributed by atoms with Crippen LogP contribution in [0.4, 0.5) is 5.69 Å². The van der Waals surface area contributed by atoms with Crippen molar-refractivity contribution >= 4 is 27.5 Å². The summed E-state index contributed by atoms with van der Waals surface area (Å²) in [6.45, 7) is 2.71. The lowest BCUT2D eigenvalue weighted by Crippen LogP contribution is -2.46. The summed E-state index contributed by atoms with van der Waals surface area (Å²) < 4.78 is 25.9. The van der Waals surface area contributed by atoms with Gasteiger partial charge in [-0.1, -0.05) is 24.3 Å². The second-order valence-corrected chi connectivity index (χ2v) is 9.00. The van der Waals surface area contributed by atoms with Crippen LogP contribution in [0.1, 0.15) is 40.5 Å². The van der Waals surface area contributed by atoms with Gasteiger partial charge in [0.1, 0.15) is 0 Å². The van der Waals surface area contributed by atoms with Gasteiger partial charge in [-0.3, -0.25) is 14.3 Å². The molecule has 2 N–H and O–H groups in total. The smallest absolute Gasteiger partial charge is 0.253 e. The number of carbonyl (C=O) groups excluding carboxylic acids is 2. The molecule has 154 valence electrons. The zero-order chi connectivity index (χ0) is 20.9. The summed E-state index contributed by atoms with van der Waals surface area (Å²) >= 11 is 0. The number of piperidine rings is 1. The van der Waals surface area contributed by atoms with E-state index in [0.717, 1.165) is 0 Å². The Bertz CT molecular complexity index is 968. The molecule has 0 saturated carbocycles. The molecule has 3 rings (SSSR count). The van der Waals surface area contributed by atoms with Crippen molar-refractivity contribution in [1.29, 1.82) is 0 Å². The van der Waals surface area contributed by atoms with Gasteiger partial charge < -0.3 is 10.2 Å². The number of anilines is 1. The minimum absolute atomic E-state index is 0.00582. The molecule has 2 aromatic rings. The monoisotopic (exact) mass is 415 g/mol. The number of nitrogens with zero attached hydrogens (tertiary/aromatic N) is 1. The zero-order valence-electron chi connectivity index (χ0n) is 16.3. The van der Waals surface area contributed by atoms with Crippen molar-refractivity contribution < 1.29 is 18.0 Å². The largest absolute Gasteiger partial charge is 0.349 e. The Hall–Kier alpha value is -2.87. The molecule has 1 saturated heterocycles. The van der Waals surface area contributed by atoms with E-state index >= 15 is 0 Å². The molecule has 1 heterocycles. The third kappa shape index (κ3) is 5.57. The number of nitrogens with one attached hydrogen (secondary N) is 2. The standard InChI is InChI=1S/C21H25N3O4S/c1-2-29(27,28)23-19-10-6-9-17(15-19)20(25)22-18-11-13-24(14-12-18)21(26)16-7-4-3-5-8-16/h3-10,15,18,23H,2,11-14H2,1H3,(H,22,25). The van der Waals surface area contributed by atoms with Crippen molar-refractivity contribution in [2.24, 2.45) is 0 Å². The third-order valence-corrected chi connectivity index (χ3v) is 6.22. The zero-order valence-corrected chi connectivity index (χ0v) is 17.1. The molecule has 0 radical (unpaired) electrons. The van der Waals surface area contributed by atoms with Gasteiger partial charge in [0.25, 0.3) is 11.8 Å². The number of amides is 2. The highest BCUT2D eigenvalue weighted by Gasteiger charge is 2.25. The Balaban J connectivity index is 1.55. The van der Waals surface area contributed by atoms with Gasteiger partial charge in [-0.05, 0) is 50.1 Å². The molecule has 1 aliphatic rings. The lowest BCUT2D eigenvalue weighted by Gasteiger charge is -2.32. The van der Waals surface area contributed by atoms with E-state index in [1.165, 1.54) is 6.07 Å². The molecule has 0 aliphatic carbocycles. The van der Waals surface area contributed by atoms with E-state index in [9.17, 15) is 18.0 Å². The first-order valence-electron chi connectivity index (χ1n) is 9.63. The van der Waals surface area contributed by atoms with Crippen molar-refractivity contribution in [3.63, 3.8) is 0 Å². The normalized spacial score (nSPS) is 15.0. The lowest BCUT2D eigenvalue weighted by molar-refractivity contribution is 0.0698. The summed E-state index contributed by atoms with van der Waals surface area (Å²) in [6.07, 6.45) is 1.35. The summed E-state index contributed by atoms with van der Waals surface area (Å²) in [6, 6.07) is 15.6. The number of carbonyl (C=O) groups is 2. The molecule has 0 spiro atoms. The summed E-state index contributed by atoms with van der Waals surface area (Å²) in [5, 5.41) is 2.98. The fraction of sp³-hybridized carbons (Fsp3) is 0.333. The van der Waals surface area contributed by atoms with E-state index in [0.29, 0.717) is 42.7 Å². The number of hydrogen-bond acceptors (Lipinski definition) is 4. The maximum absolute atomic E-state index is 12.6. The van der Waals surface area contributed by atoms with Gasteiger partial charge in [-0.2, -0.15) is 0 Å². The van der Waals surface area contributed by atoms with E-state index in [1.807, 2.05) is 18.2 Å². The topological polar surface area (TPSA) is 95.6 Å². The van der Waals surface area contributed by atoms with E-state index < -0.39 is 10.0 Å². The molecule has 1 fully saturated rings. The van der Waals surface area contributed by atoms with Gasteiger partial charge in [0, 0.05) is 35.9 Å². The average molecular weight is 416 g/mol. The maximum Gasteiger partial charge on any atom is 0.253 e. The summed E-state index contributed by atoms with van der Waals surface area (Å²) in [4.78, 5) is 26.9. The van der Waals surface area contributed by atoms with Gasteiger partial charge >= 0.3 is 0 Å². The second kappa shape index (κ2) is 9.09. The van der Waals surface area contributed by atoms with Gasteiger partial charge in [0.15, 0.2) is 0 Å². The molecule has 2 amide bonds. The Morgan fingerprint density at radius 2 is 1.66 bits per heavy atom. The van der Waals surface area contributed by atoms with Crippen LogP contribution in [0, 0.1) is 0 Å². The van der Waals surface area contributed by atoms with Crippen LogP contribution in [-0.4, -0.2) is 50.0 Å². The first kappa shape index (κ1) is 20.9. The Kier molecular flexibility index (Phi) is 6.53. The first-order valence-corrected chi connectivity index (χ1v) is 11.3. The van der Waals surface area contributed by atoms with Crippen LogP contribution >= 0.6 is 0 Å². The van der Waals surface area contributed by atoms with Gasteiger partial charge in [0.2, 0.25) is 10.0 Å². The predicted octanol–water partition coefficient (Wildman–Crippen LogP) is 2.48. The Morgan fingerprint density at radius 3 is 2.31 bits per heavy atom. The number of benzene rings is 2. The Labute approximate surface area is 171 Å². The number of hydrogen-bond donors (Lipinski definition) is 2. The van der Waals surface area contributed by atoms with Gasteiger partial charge in [-0.15, -0.1) is 0 Å². The first-order chi connectivity index (χ1) is 13.9. The average Bonchev–Trinajstić information content (AvgIpc) is 2.74. The maximum atomic E-state index is 12.6. The summed E-state index contributed by atoms with van der Waals surface area (Å²) in [7, 11) is -3.40. The minimum Gasteiger partial charge on any atom is -0.349 e. The lowest BCUT2D eigenvalue weighted by atomic mass is 10.0. The number of sulfonamides is 1. The van der Waals surface area contributed by atoms with Crippen LogP contribution in [0.2, 0.25) is 0 Å². The van der Waals surface area contributed by atoms with Crippen molar-refractivity contribution in [2.45, 2.75) is 25.8 Å². The molecule has 0 bridgehead atoms. The molecule has 29 heavy (non-hydrogen) atoms. The second-order valence-electron chi connectivity index (χ2n) is 6.99. The van der Waals surface area contributed by atoms with Crippen molar-refractivity contribution in [2.75, 3.05) is 23.6 Å². The predicted molar refractivity (Wildman–Crippen MR) is 112 cm³/mol. The van der Waals surface area contributed by atoms with E-state index in [-0.39, 0.29) is 23.6 Å². The quantitative estimate of drug-likeness (QED) is 0.758. The van der Waals surface area contributed by atoms with Crippen LogP contribution in [0.5, 0.6) is 0 Å².